The van der Waals surface area contributed by atoms with E-state index in [-0.39, 0.29) is 12.1 Å². The Labute approximate surface area is 132 Å². The van der Waals surface area contributed by atoms with Crippen LogP contribution in [0.25, 0.3) is 0 Å². The zero-order valence-corrected chi connectivity index (χ0v) is 12.5. The summed E-state index contributed by atoms with van der Waals surface area (Å²) in [7, 11) is 0. The van der Waals surface area contributed by atoms with E-state index < -0.39 is 23.4 Å². The predicted molar refractivity (Wildman–Crippen MR) is 80.9 cm³/mol. The van der Waals surface area contributed by atoms with Gasteiger partial charge >= 0.3 is 0 Å². The van der Waals surface area contributed by atoms with Crippen LogP contribution >= 0.6 is 0 Å². The van der Waals surface area contributed by atoms with Gasteiger partial charge in [-0.2, -0.15) is 0 Å². The lowest BCUT2D eigenvalue weighted by Gasteiger charge is -2.08. The van der Waals surface area contributed by atoms with Crippen LogP contribution in [-0.2, 0) is 4.79 Å². The molecule has 0 aliphatic carbocycles. The molecule has 0 unspecified atom stereocenters. The first kappa shape index (κ1) is 16.9. The third kappa shape index (κ3) is 4.74. The van der Waals surface area contributed by atoms with Gasteiger partial charge in [0, 0.05) is 6.42 Å². The molecular weight excluding hydrogens is 307 g/mol. The number of aryl methyl sites for hydroxylation is 1. The molecule has 6 heteroatoms. The fourth-order valence-corrected chi connectivity index (χ4v) is 1.89. The molecule has 0 saturated heterocycles. The Balaban J connectivity index is 1.77. The maximum atomic E-state index is 13.4. The normalized spacial score (nSPS) is 10.4. The fraction of sp³-hybridized carbons (Fsp3) is 0.235. The molecule has 3 nitrogen and oxygen atoms in total. The van der Waals surface area contributed by atoms with E-state index in [2.05, 4.69) is 5.32 Å². The van der Waals surface area contributed by atoms with Gasteiger partial charge in [0.05, 0.1) is 12.3 Å². The van der Waals surface area contributed by atoms with Crippen molar-refractivity contribution in [2.75, 3.05) is 11.9 Å². The molecule has 2 aromatic rings. The molecule has 0 radical (unpaired) electrons. The molecule has 0 heterocycles. The van der Waals surface area contributed by atoms with Crippen LogP contribution < -0.4 is 10.1 Å². The standard InChI is InChI=1S/C17H16F3NO2/c1-11-4-6-12(7-5-11)23-10-2-3-15(22)21-14-9-8-13(18)16(19)17(14)20/h4-9H,2-3,10H2,1H3,(H,21,22). The van der Waals surface area contributed by atoms with Crippen LogP contribution in [0.15, 0.2) is 36.4 Å². The quantitative estimate of drug-likeness (QED) is 0.639. The summed E-state index contributed by atoms with van der Waals surface area (Å²) in [5.74, 6) is -4.11. The summed E-state index contributed by atoms with van der Waals surface area (Å²) in [5.41, 5.74) is 0.735. The molecule has 2 aromatic carbocycles. The van der Waals surface area contributed by atoms with Crippen LogP contribution in [-0.4, -0.2) is 12.5 Å². The molecule has 0 aromatic heterocycles. The third-order valence-electron chi connectivity index (χ3n) is 3.15. The minimum atomic E-state index is -1.61. The molecule has 1 amide bonds. The smallest absolute Gasteiger partial charge is 0.224 e. The molecule has 0 atom stereocenters. The van der Waals surface area contributed by atoms with Gasteiger partial charge in [-0.1, -0.05) is 17.7 Å². The number of carbonyl (C=O) groups excluding carboxylic acids is 1. The summed E-state index contributed by atoms with van der Waals surface area (Å²) in [6.07, 6.45) is 0.481. The molecule has 23 heavy (non-hydrogen) atoms. The van der Waals surface area contributed by atoms with Crippen LogP contribution in [0.5, 0.6) is 5.75 Å². The Kier molecular flexibility index (Phi) is 5.62. The van der Waals surface area contributed by atoms with Crippen molar-refractivity contribution in [2.24, 2.45) is 0 Å². The topological polar surface area (TPSA) is 38.3 Å². The molecule has 0 aliphatic heterocycles. The summed E-state index contributed by atoms with van der Waals surface area (Å²) in [6.45, 7) is 2.28. The van der Waals surface area contributed by atoms with Crippen LogP contribution in [0.2, 0.25) is 0 Å². The monoisotopic (exact) mass is 323 g/mol. The number of hydrogen-bond donors (Lipinski definition) is 1. The lowest BCUT2D eigenvalue weighted by molar-refractivity contribution is -0.116. The highest BCUT2D eigenvalue weighted by molar-refractivity contribution is 5.90. The number of anilines is 1. The van der Waals surface area contributed by atoms with Gasteiger partial charge in [-0.25, -0.2) is 13.2 Å². The predicted octanol–water partition coefficient (Wildman–Crippen LogP) is 4.21. The van der Waals surface area contributed by atoms with Crippen molar-refractivity contribution >= 4 is 11.6 Å². The summed E-state index contributed by atoms with van der Waals surface area (Å²) in [5, 5.41) is 2.21. The summed E-state index contributed by atoms with van der Waals surface area (Å²) < 4.78 is 44.7. The van der Waals surface area contributed by atoms with E-state index in [4.69, 9.17) is 4.74 Å². The average Bonchev–Trinajstić information content (AvgIpc) is 2.54. The van der Waals surface area contributed by atoms with Crippen molar-refractivity contribution in [2.45, 2.75) is 19.8 Å². The van der Waals surface area contributed by atoms with Crippen molar-refractivity contribution in [3.63, 3.8) is 0 Å². The summed E-state index contributed by atoms with van der Waals surface area (Å²) in [4.78, 5) is 11.7. The van der Waals surface area contributed by atoms with E-state index in [1.54, 1.807) is 0 Å². The van der Waals surface area contributed by atoms with Gasteiger partial charge in [-0.05, 0) is 37.6 Å². The number of hydrogen-bond acceptors (Lipinski definition) is 2. The van der Waals surface area contributed by atoms with Crippen molar-refractivity contribution in [1.29, 1.82) is 0 Å². The van der Waals surface area contributed by atoms with Crippen molar-refractivity contribution < 1.29 is 22.7 Å². The van der Waals surface area contributed by atoms with E-state index in [1.165, 1.54) is 0 Å². The Morgan fingerprint density at radius 2 is 1.74 bits per heavy atom. The molecule has 0 saturated carbocycles. The molecule has 0 aliphatic rings. The number of benzene rings is 2. The number of carbonyl (C=O) groups is 1. The number of amides is 1. The maximum Gasteiger partial charge on any atom is 0.224 e. The van der Waals surface area contributed by atoms with Crippen LogP contribution in [0.1, 0.15) is 18.4 Å². The van der Waals surface area contributed by atoms with E-state index in [0.717, 1.165) is 17.7 Å². The number of halogens is 3. The first-order valence-corrected chi connectivity index (χ1v) is 7.10. The SMILES string of the molecule is Cc1ccc(OCCCC(=O)Nc2ccc(F)c(F)c2F)cc1. The lowest BCUT2D eigenvalue weighted by Crippen LogP contribution is -2.14. The minimum absolute atomic E-state index is 0.0737. The molecule has 0 spiro atoms. The molecule has 0 fully saturated rings. The van der Waals surface area contributed by atoms with Gasteiger partial charge in [0.2, 0.25) is 5.91 Å². The summed E-state index contributed by atoms with van der Waals surface area (Å²) in [6, 6.07) is 9.21. The highest BCUT2D eigenvalue weighted by Crippen LogP contribution is 2.20. The zero-order chi connectivity index (χ0) is 16.8. The molecule has 1 N–H and O–H groups in total. The van der Waals surface area contributed by atoms with Crippen molar-refractivity contribution in [3.8, 4) is 5.75 Å². The van der Waals surface area contributed by atoms with Gasteiger partial charge in [0.15, 0.2) is 17.5 Å². The Morgan fingerprint density at radius 3 is 2.43 bits per heavy atom. The first-order valence-electron chi connectivity index (χ1n) is 7.10. The minimum Gasteiger partial charge on any atom is -0.494 e. The van der Waals surface area contributed by atoms with Gasteiger partial charge in [-0.15, -0.1) is 0 Å². The largest absolute Gasteiger partial charge is 0.494 e. The van der Waals surface area contributed by atoms with E-state index in [1.807, 2.05) is 31.2 Å². The molecular formula is C17H16F3NO2. The second-order valence-electron chi connectivity index (χ2n) is 5.04. The van der Waals surface area contributed by atoms with E-state index in [0.29, 0.717) is 18.8 Å². The number of ether oxygens (including phenoxy) is 1. The van der Waals surface area contributed by atoms with Gasteiger partial charge in [0.1, 0.15) is 5.75 Å². The fourth-order valence-electron chi connectivity index (χ4n) is 1.89. The van der Waals surface area contributed by atoms with Gasteiger partial charge in [0.25, 0.3) is 0 Å². The molecule has 2 rings (SSSR count). The Bertz CT molecular complexity index is 687. The highest BCUT2D eigenvalue weighted by Gasteiger charge is 2.14. The third-order valence-corrected chi connectivity index (χ3v) is 3.15. The Hall–Kier alpha value is -2.50. The van der Waals surface area contributed by atoms with Crippen LogP contribution in [0.4, 0.5) is 18.9 Å². The van der Waals surface area contributed by atoms with Gasteiger partial charge in [-0.3, -0.25) is 4.79 Å². The second kappa shape index (κ2) is 7.67. The van der Waals surface area contributed by atoms with Crippen LogP contribution in [0.3, 0.4) is 0 Å². The average molecular weight is 323 g/mol. The molecule has 122 valence electrons. The van der Waals surface area contributed by atoms with E-state index >= 15 is 0 Å². The number of rotatable bonds is 6. The molecule has 0 bridgehead atoms. The van der Waals surface area contributed by atoms with Crippen molar-refractivity contribution in [1.82, 2.24) is 0 Å². The summed E-state index contributed by atoms with van der Waals surface area (Å²) >= 11 is 0. The van der Waals surface area contributed by atoms with Crippen LogP contribution in [0, 0.1) is 24.4 Å². The Morgan fingerprint density at radius 1 is 1.04 bits per heavy atom. The van der Waals surface area contributed by atoms with E-state index in [9.17, 15) is 18.0 Å². The maximum absolute atomic E-state index is 13.4. The van der Waals surface area contributed by atoms with Gasteiger partial charge < -0.3 is 10.1 Å². The lowest BCUT2D eigenvalue weighted by atomic mass is 10.2. The first-order chi connectivity index (χ1) is 11.0. The zero-order valence-electron chi connectivity index (χ0n) is 12.5. The number of nitrogens with one attached hydrogen (secondary N) is 1. The van der Waals surface area contributed by atoms with Crippen molar-refractivity contribution in [3.05, 3.63) is 59.4 Å². The highest BCUT2D eigenvalue weighted by atomic mass is 19.2. The second-order valence-corrected chi connectivity index (χ2v) is 5.04.